The van der Waals surface area contributed by atoms with Crippen LogP contribution in [0, 0.1) is 0 Å². The zero-order valence-electron chi connectivity index (χ0n) is 5.63. The molecule has 0 aliphatic carbocycles. The van der Waals surface area contributed by atoms with E-state index in [9.17, 15) is 4.79 Å². The Hall–Kier alpha value is -0.410. The highest BCUT2D eigenvalue weighted by molar-refractivity contribution is 5.48. The minimum absolute atomic E-state index is 0.318. The third-order valence-electron chi connectivity index (χ3n) is 0.812. The summed E-state index contributed by atoms with van der Waals surface area (Å²) in [7, 11) is 1.57. The second-order valence-corrected chi connectivity index (χ2v) is 1.62. The van der Waals surface area contributed by atoms with Gasteiger partial charge in [0.15, 0.2) is 0 Å². The lowest BCUT2D eigenvalue weighted by atomic mass is 10.4. The summed E-state index contributed by atoms with van der Waals surface area (Å²) in [5.41, 5.74) is 0. The molecule has 0 spiro atoms. The lowest BCUT2D eigenvalue weighted by molar-refractivity contribution is -0.108. The number of ether oxygens (including phenoxy) is 2. The number of hydrogen-bond acceptors (Lipinski definition) is 3. The fourth-order valence-electron chi connectivity index (χ4n) is 0.411. The van der Waals surface area contributed by atoms with Gasteiger partial charge >= 0.3 is 0 Å². The minimum atomic E-state index is 0.318. The number of aldehydes is 1. The normalized spacial score (nSPS) is 9.44. The Kier molecular flexibility index (Phi) is 7.24. The van der Waals surface area contributed by atoms with Crippen LogP contribution in [0.15, 0.2) is 0 Å². The van der Waals surface area contributed by atoms with Crippen molar-refractivity contribution in [2.24, 2.45) is 0 Å². The predicted octanol–water partition coefficient (Wildman–Crippen LogP) is 0.586. The van der Waals surface area contributed by atoms with Gasteiger partial charge in [-0.15, -0.1) is 0 Å². The first kappa shape index (κ1) is 8.59. The fourth-order valence-corrected chi connectivity index (χ4v) is 0.411. The van der Waals surface area contributed by atoms with Crippen LogP contribution in [0.4, 0.5) is 0 Å². The molecule has 0 bridgehead atoms. The van der Waals surface area contributed by atoms with Crippen LogP contribution in [-0.4, -0.2) is 26.8 Å². The smallest absolute Gasteiger partial charge is 0.146 e. The fraction of sp³-hybridized carbons (Fsp3) is 0.833. The van der Waals surface area contributed by atoms with Gasteiger partial charge in [0.1, 0.15) is 13.1 Å². The van der Waals surface area contributed by atoms with E-state index < -0.39 is 0 Å². The summed E-state index contributed by atoms with van der Waals surface area (Å²) in [5.74, 6) is 0. The van der Waals surface area contributed by atoms with E-state index in [0.717, 1.165) is 12.7 Å². The number of rotatable bonds is 6. The van der Waals surface area contributed by atoms with Crippen LogP contribution in [0.2, 0.25) is 0 Å². The van der Waals surface area contributed by atoms with Crippen molar-refractivity contribution in [1.29, 1.82) is 0 Å². The molecule has 0 fully saturated rings. The van der Waals surface area contributed by atoms with Crippen LogP contribution < -0.4 is 0 Å². The molecular weight excluding hydrogens is 120 g/mol. The van der Waals surface area contributed by atoms with Gasteiger partial charge in [-0.3, -0.25) is 0 Å². The summed E-state index contributed by atoms with van der Waals surface area (Å²) in [6.45, 7) is 0.922. The molecule has 0 heterocycles. The van der Waals surface area contributed by atoms with Crippen molar-refractivity contribution >= 4 is 6.29 Å². The van der Waals surface area contributed by atoms with E-state index in [2.05, 4.69) is 4.74 Å². The Morgan fingerprint density at radius 3 is 2.89 bits per heavy atom. The van der Waals surface area contributed by atoms with Gasteiger partial charge in [-0.2, -0.15) is 0 Å². The molecule has 54 valence electrons. The molecule has 0 N–H and O–H groups in total. The minimum Gasteiger partial charge on any atom is -0.359 e. The lowest BCUT2D eigenvalue weighted by Crippen LogP contribution is -1.98. The SMILES string of the molecule is COCOCCCC=O. The second-order valence-electron chi connectivity index (χ2n) is 1.62. The van der Waals surface area contributed by atoms with E-state index in [1.165, 1.54) is 0 Å². The van der Waals surface area contributed by atoms with Gasteiger partial charge in [0.2, 0.25) is 0 Å². The van der Waals surface area contributed by atoms with Crippen molar-refractivity contribution in [3.63, 3.8) is 0 Å². The van der Waals surface area contributed by atoms with Gasteiger partial charge in [-0.1, -0.05) is 0 Å². The molecule has 0 aromatic heterocycles. The van der Waals surface area contributed by atoms with Crippen LogP contribution in [0.3, 0.4) is 0 Å². The maximum Gasteiger partial charge on any atom is 0.146 e. The van der Waals surface area contributed by atoms with E-state index in [1.54, 1.807) is 7.11 Å². The molecule has 0 unspecified atom stereocenters. The molecule has 0 aromatic rings. The number of carbonyl (C=O) groups excluding carboxylic acids is 1. The van der Waals surface area contributed by atoms with Crippen molar-refractivity contribution in [3.05, 3.63) is 0 Å². The van der Waals surface area contributed by atoms with E-state index in [4.69, 9.17) is 4.74 Å². The number of carbonyl (C=O) groups is 1. The van der Waals surface area contributed by atoms with E-state index in [0.29, 0.717) is 19.8 Å². The molecule has 0 saturated carbocycles. The average molecular weight is 132 g/mol. The molecule has 0 atom stereocenters. The summed E-state index contributed by atoms with van der Waals surface area (Å²) in [5, 5.41) is 0. The summed E-state index contributed by atoms with van der Waals surface area (Å²) in [6.07, 6.45) is 2.24. The predicted molar refractivity (Wildman–Crippen MR) is 33.1 cm³/mol. The third-order valence-corrected chi connectivity index (χ3v) is 0.812. The van der Waals surface area contributed by atoms with Gasteiger partial charge in [0.05, 0.1) is 0 Å². The first-order valence-electron chi connectivity index (χ1n) is 2.92. The van der Waals surface area contributed by atoms with E-state index in [1.807, 2.05) is 0 Å². The topological polar surface area (TPSA) is 35.5 Å². The Labute approximate surface area is 55.0 Å². The van der Waals surface area contributed by atoms with Crippen molar-refractivity contribution in [2.75, 3.05) is 20.5 Å². The maximum atomic E-state index is 9.75. The summed E-state index contributed by atoms with van der Waals surface area (Å²) < 4.78 is 9.52. The van der Waals surface area contributed by atoms with Crippen LogP contribution in [0.25, 0.3) is 0 Å². The van der Waals surface area contributed by atoms with E-state index in [-0.39, 0.29) is 0 Å². The van der Waals surface area contributed by atoms with Crippen LogP contribution in [0.5, 0.6) is 0 Å². The highest BCUT2D eigenvalue weighted by Crippen LogP contribution is 1.85. The molecular formula is C6H12O3. The first-order valence-corrected chi connectivity index (χ1v) is 2.92. The molecule has 3 nitrogen and oxygen atoms in total. The van der Waals surface area contributed by atoms with Gasteiger partial charge in [-0.05, 0) is 6.42 Å². The summed E-state index contributed by atoms with van der Waals surface area (Å²) in [6, 6.07) is 0. The zero-order chi connectivity index (χ0) is 6.95. The molecule has 0 radical (unpaired) electrons. The van der Waals surface area contributed by atoms with Gasteiger partial charge in [0, 0.05) is 20.1 Å². The Bertz CT molecular complexity index is 63.3. The van der Waals surface area contributed by atoms with Crippen LogP contribution in [-0.2, 0) is 14.3 Å². The van der Waals surface area contributed by atoms with Crippen molar-refractivity contribution in [1.82, 2.24) is 0 Å². The van der Waals surface area contributed by atoms with Crippen LogP contribution in [0.1, 0.15) is 12.8 Å². The number of hydrogen-bond donors (Lipinski definition) is 0. The molecule has 3 heteroatoms. The molecule has 0 rings (SSSR count). The third kappa shape index (κ3) is 7.59. The monoisotopic (exact) mass is 132 g/mol. The zero-order valence-corrected chi connectivity index (χ0v) is 5.63. The van der Waals surface area contributed by atoms with Gasteiger partial charge in [-0.25, -0.2) is 0 Å². The van der Waals surface area contributed by atoms with Crippen molar-refractivity contribution in [2.45, 2.75) is 12.8 Å². The van der Waals surface area contributed by atoms with Gasteiger partial charge < -0.3 is 14.3 Å². The van der Waals surface area contributed by atoms with Gasteiger partial charge in [0.25, 0.3) is 0 Å². The molecule has 9 heavy (non-hydrogen) atoms. The molecule has 0 amide bonds. The maximum absolute atomic E-state index is 9.75. The van der Waals surface area contributed by atoms with Crippen molar-refractivity contribution < 1.29 is 14.3 Å². The van der Waals surface area contributed by atoms with Crippen molar-refractivity contribution in [3.8, 4) is 0 Å². The summed E-state index contributed by atoms with van der Waals surface area (Å²) in [4.78, 5) is 9.75. The quantitative estimate of drug-likeness (QED) is 0.301. The Balaban J connectivity index is 2.66. The Morgan fingerprint density at radius 1 is 1.56 bits per heavy atom. The standard InChI is InChI=1S/C6H12O3/c1-8-6-9-5-3-2-4-7/h4H,2-3,5-6H2,1H3. The van der Waals surface area contributed by atoms with Crippen LogP contribution >= 0.6 is 0 Å². The van der Waals surface area contributed by atoms with E-state index >= 15 is 0 Å². The second kappa shape index (κ2) is 7.59. The first-order chi connectivity index (χ1) is 4.41. The Morgan fingerprint density at radius 2 is 2.33 bits per heavy atom. The number of methoxy groups -OCH3 is 1. The molecule has 0 aromatic carbocycles. The highest BCUT2D eigenvalue weighted by Gasteiger charge is 1.84. The largest absolute Gasteiger partial charge is 0.359 e. The number of unbranched alkanes of at least 4 members (excludes halogenated alkanes) is 1. The molecule has 0 aliphatic heterocycles. The molecule has 0 saturated heterocycles. The summed E-state index contributed by atoms with van der Waals surface area (Å²) >= 11 is 0. The average Bonchev–Trinajstić information content (AvgIpc) is 1.89. The lowest BCUT2D eigenvalue weighted by Gasteiger charge is -1.98. The highest BCUT2D eigenvalue weighted by atomic mass is 16.7. The molecule has 0 aliphatic rings.